The van der Waals surface area contributed by atoms with Gasteiger partial charge in [-0.15, -0.1) is 0 Å². The monoisotopic (exact) mass is 322 g/mol. The van der Waals surface area contributed by atoms with Gasteiger partial charge in [-0.2, -0.15) is 0 Å². The molecule has 0 atom stereocenters. The Kier molecular flexibility index (Phi) is 3.71. The van der Waals surface area contributed by atoms with Crippen LogP contribution in [0.25, 0.3) is 0 Å². The second-order valence-electron chi connectivity index (χ2n) is 3.96. The summed E-state index contributed by atoms with van der Waals surface area (Å²) in [6.07, 6.45) is 1.78. The first kappa shape index (κ1) is 13.4. The standard InChI is InChI=1S/C13H11BrN2O3/c1-16-6-2-3-11(16)12(17)15-10-5-4-8(13(18)19)7-9(10)14/h2-7H,1H3,(H,15,17)(H,18,19). The molecule has 98 valence electrons. The number of aromatic carboxylic acids is 1. The van der Waals surface area contributed by atoms with Crippen LogP contribution < -0.4 is 5.32 Å². The van der Waals surface area contributed by atoms with E-state index in [4.69, 9.17) is 5.11 Å². The highest BCUT2D eigenvalue weighted by Gasteiger charge is 2.12. The minimum Gasteiger partial charge on any atom is -0.478 e. The van der Waals surface area contributed by atoms with Gasteiger partial charge in [0.05, 0.1) is 11.3 Å². The summed E-state index contributed by atoms with van der Waals surface area (Å²) < 4.78 is 2.23. The minimum absolute atomic E-state index is 0.156. The number of carboxylic acids is 1. The number of carboxylic acid groups (broad SMARTS) is 1. The molecular weight excluding hydrogens is 312 g/mol. The number of aromatic nitrogens is 1. The number of nitrogens with zero attached hydrogens (tertiary/aromatic N) is 1. The third-order valence-corrected chi connectivity index (χ3v) is 3.30. The van der Waals surface area contributed by atoms with E-state index >= 15 is 0 Å². The number of rotatable bonds is 3. The summed E-state index contributed by atoms with van der Waals surface area (Å²) in [5.74, 6) is -1.27. The van der Waals surface area contributed by atoms with Crippen LogP contribution in [0, 0.1) is 0 Å². The minimum atomic E-state index is -1.01. The van der Waals surface area contributed by atoms with Crippen molar-refractivity contribution in [2.45, 2.75) is 0 Å². The van der Waals surface area contributed by atoms with Crippen molar-refractivity contribution in [2.75, 3.05) is 5.32 Å². The molecule has 0 aliphatic rings. The van der Waals surface area contributed by atoms with Crippen LogP contribution in [-0.2, 0) is 7.05 Å². The molecule has 0 aliphatic carbocycles. The van der Waals surface area contributed by atoms with E-state index in [1.807, 2.05) is 0 Å². The molecule has 0 radical (unpaired) electrons. The average molecular weight is 323 g/mol. The number of hydrogen-bond acceptors (Lipinski definition) is 2. The summed E-state index contributed by atoms with van der Waals surface area (Å²) in [7, 11) is 1.78. The first-order chi connectivity index (χ1) is 8.99. The van der Waals surface area contributed by atoms with Crippen LogP contribution in [0.4, 0.5) is 5.69 Å². The smallest absolute Gasteiger partial charge is 0.335 e. The van der Waals surface area contributed by atoms with Gasteiger partial charge < -0.3 is 15.0 Å². The van der Waals surface area contributed by atoms with E-state index in [9.17, 15) is 9.59 Å². The number of carbonyl (C=O) groups is 2. The lowest BCUT2D eigenvalue weighted by molar-refractivity contribution is 0.0696. The van der Waals surface area contributed by atoms with Gasteiger partial charge in [0.15, 0.2) is 0 Å². The lowest BCUT2D eigenvalue weighted by atomic mass is 10.2. The summed E-state index contributed by atoms with van der Waals surface area (Å²) >= 11 is 3.24. The van der Waals surface area contributed by atoms with Gasteiger partial charge in [0.1, 0.15) is 5.69 Å². The first-order valence-electron chi connectivity index (χ1n) is 5.44. The summed E-state index contributed by atoms with van der Waals surface area (Å²) in [4.78, 5) is 22.8. The van der Waals surface area contributed by atoms with Crippen molar-refractivity contribution in [3.05, 3.63) is 52.3 Å². The van der Waals surface area contributed by atoms with E-state index in [0.29, 0.717) is 15.9 Å². The SMILES string of the molecule is Cn1cccc1C(=O)Nc1ccc(C(=O)O)cc1Br. The molecule has 6 heteroatoms. The van der Waals surface area contributed by atoms with Gasteiger partial charge in [0.2, 0.25) is 0 Å². The van der Waals surface area contributed by atoms with Gasteiger partial charge >= 0.3 is 5.97 Å². The Hall–Kier alpha value is -2.08. The highest BCUT2D eigenvalue weighted by Crippen LogP contribution is 2.24. The van der Waals surface area contributed by atoms with E-state index in [0.717, 1.165) is 0 Å². The molecule has 2 rings (SSSR count). The average Bonchev–Trinajstić information content (AvgIpc) is 2.77. The van der Waals surface area contributed by atoms with E-state index < -0.39 is 5.97 Å². The molecule has 5 nitrogen and oxygen atoms in total. The van der Waals surface area contributed by atoms with Crippen LogP contribution in [0.3, 0.4) is 0 Å². The Bertz CT molecular complexity index is 649. The predicted molar refractivity (Wildman–Crippen MR) is 74.5 cm³/mol. The van der Waals surface area contributed by atoms with Gasteiger partial charge in [-0.25, -0.2) is 4.79 Å². The second-order valence-corrected chi connectivity index (χ2v) is 4.81. The Morgan fingerprint density at radius 3 is 2.58 bits per heavy atom. The van der Waals surface area contributed by atoms with E-state index in [1.54, 1.807) is 36.0 Å². The van der Waals surface area contributed by atoms with E-state index in [2.05, 4.69) is 21.2 Å². The topological polar surface area (TPSA) is 71.3 Å². The summed E-state index contributed by atoms with van der Waals surface area (Å²) in [6, 6.07) is 7.91. The number of anilines is 1. The van der Waals surface area contributed by atoms with Crippen molar-refractivity contribution in [3.63, 3.8) is 0 Å². The predicted octanol–water partition coefficient (Wildman–Crippen LogP) is 2.74. The number of carbonyl (C=O) groups excluding carboxylic acids is 1. The zero-order valence-electron chi connectivity index (χ0n) is 10.1. The van der Waals surface area contributed by atoms with Gasteiger partial charge in [0, 0.05) is 17.7 Å². The van der Waals surface area contributed by atoms with Crippen molar-refractivity contribution in [1.29, 1.82) is 0 Å². The molecule has 1 aromatic carbocycles. The molecular formula is C13H11BrN2O3. The highest BCUT2D eigenvalue weighted by atomic mass is 79.9. The van der Waals surface area contributed by atoms with Crippen LogP contribution in [0.15, 0.2) is 41.0 Å². The lowest BCUT2D eigenvalue weighted by Crippen LogP contribution is -2.15. The van der Waals surface area contributed by atoms with Crippen LogP contribution in [0.5, 0.6) is 0 Å². The number of halogens is 1. The molecule has 0 saturated heterocycles. The number of hydrogen-bond donors (Lipinski definition) is 2. The highest BCUT2D eigenvalue weighted by molar-refractivity contribution is 9.10. The van der Waals surface area contributed by atoms with E-state index in [-0.39, 0.29) is 11.5 Å². The first-order valence-corrected chi connectivity index (χ1v) is 6.24. The summed E-state index contributed by atoms with van der Waals surface area (Å²) in [6.45, 7) is 0. The van der Waals surface area contributed by atoms with Crippen LogP contribution >= 0.6 is 15.9 Å². The maximum atomic E-state index is 12.0. The maximum absolute atomic E-state index is 12.0. The summed E-state index contributed by atoms with van der Waals surface area (Å²) in [5.41, 5.74) is 1.20. The zero-order valence-corrected chi connectivity index (χ0v) is 11.6. The fraction of sp³-hybridized carbons (Fsp3) is 0.0769. The zero-order chi connectivity index (χ0) is 14.0. The lowest BCUT2D eigenvalue weighted by Gasteiger charge is -2.08. The van der Waals surface area contributed by atoms with Crippen molar-refractivity contribution in [2.24, 2.45) is 7.05 Å². The molecule has 0 saturated carbocycles. The molecule has 0 fully saturated rings. The van der Waals surface area contributed by atoms with Gasteiger partial charge in [-0.05, 0) is 46.3 Å². The molecule has 0 unspecified atom stereocenters. The number of nitrogens with one attached hydrogen (secondary N) is 1. The maximum Gasteiger partial charge on any atom is 0.335 e. The second kappa shape index (κ2) is 5.27. The Labute approximate surface area is 118 Å². The van der Waals surface area contributed by atoms with Crippen LogP contribution in [0.1, 0.15) is 20.8 Å². The van der Waals surface area contributed by atoms with Crippen molar-refractivity contribution in [1.82, 2.24) is 4.57 Å². The fourth-order valence-electron chi connectivity index (χ4n) is 1.63. The Morgan fingerprint density at radius 1 is 1.32 bits per heavy atom. The molecule has 19 heavy (non-hydrogen) atoms. The number of aryl methyl sites for hydroxylation is 1. The quantitative estimate of drug-likeness (QED) is 0.912. The fourth-order valence-corrected chi connectivity index (χ4v) is 2.11. The Morgan fingerprint density at radius 2 is 2.05 bits per heavy atom. The normalized spacial score (nSPS) is 10.2. The summed E-state index contributed by atoms with van der Waals surface area (Å²) in [5, 5.41) is 11.6. The van der Waals surface area contributed by atoms with Crippen molar-refractivity contribution >= 4 is 33.5 Å². The molecule has 1 aromatic heterocycles. The largest absolute Gasteiger partial charge is 0.478 e. The number of amides is 1. The molecule has 2 aromatic rings. The molecule has 0 spiro atoms. The van der Waals surface area contributed by atoms with E-state index in [1.165, 1.54) is 12.1 Å². The third-order valence-electron chi connectivity index (χ3n) is 2.64. The number of benzene rings is 1. The third kappa shape index (κ3) is 2.85. The van der Waals surface area contributed by atoms with Gasteiger partial charge in [-0.3, -0.25) is 4.79 Å². The van der Waals surface area contributed by atoms with Crippen LogP contribution in [0.2, 0.25) is 0 Å². The van der Waals surface area contributed by atoms with Gasteiger partial charge in [0.25, 0.3) is 5.91 Å². The molecule has 0 aliphatic heterocycles. The Balaban J connectivity index is 2.23. The van der Waals surface area contributed by atoms with Crippen molar-refractivity contribution in [3.8, 4) is 0 Å². The molecule has 0 bridgehead atoms. The van der Waals surface area contributed by atoms with Crippen molar-refractivity contribution < 1.29 is 14.7 Å². The molecule has 1 heterocycles. The molecule has 2 N–H and O–H groups in total. The van der Waals surface area contributed by atoms with Crippen LogP contribution in [-0.4, -0.2) is 21.6 Å². The molecule has 1 amide bonds. The van der Waals surface area contributed by atoms with Gasteiger partial charge in [-0.1, -0.05) is 0 Å².